The number of rotatable bonds is 6. The molecule has 3 rings (SSSR count). The predicted octanol–water partition coefficient (Wildman–Crippen LogP) is 4.28. The van der Waals surface area contributed by atoms with Crippen LogP contribution in [0.1, 0.15) is 13.8 Å². The molecular formula is C18H19Cl2N3O4. The van der Waals surface area contributed by atoms with Crippen LogP contribution in [0.2, 0.25) is 0 Å². The second-order valence-electron chi connectivity index (χ2n) is 6.80. The van der Waals surface area contributed by atoms with Gasteiger partial charge in [-0.2, -0.15) is 0 Å². The normalized spacial score (nSPS) is 19.9. The maximum atomic E-state index is 12.7. The Kier molecular flexibility index (Phi) is 5.35. The van der Waals surface area contributed by atoms with Crippen LogP contribution < -0.4 is 14.8 Å². The van der Waals surface area contributed by atoms with E-state index in [-0.39, 0.29) is 33.5 Å². The molecule has 0 unspecified atom stereocenters. The zero-order valence-corrected chi connectivity index (χ0v) is 16.8. The largest absolute Gasteiger partial charge is 0.493 e. The molecule has 0 bridgehead atoms. The number of hydrogen-bond donors (Lipinski definition) is 1. The minimum atomic E-state index is -0.278. The molecule has 1 aromatic heterocycles. The van der Waals surface area contributed by atoms with Crippen LogP contribution in [0.25, 0.3) is 11.3 Å². The third-order valence-electron chi connectivity index (χ3n) is 4.89. The Bertz CT molecular complexity index is 890. The summed E-state index contributed by atoms with van der Waals surface area (Å²) in [4.78, 5) is 12.7. The van der Waals surface area contributed by atoms with Gasteiger partial charge in [0.2, 0.25) is 11.7 Å². The lowest BCUT2D eigenvalue weighted by Gasteiger charge is -2.09. The quantitative estimate of drug-likeness (QED) is 0.762. The number of nitrogens with one attached hydrogen (secondary N) is 1. The third-order valence-corrected chi connectivity index (χ3v) is 5.14. The number of halogens is 2. The van der Waals surface area contributed by atoms with E-state index in [2.05, 4.69) is 15.6 Å². The van der Waals surface area contributed by atoms with Crippen molar-refractivity contribution in [3.05, 3.63) is 28.8 Å². The lowest BCUT2D eigenvalue weighted by molar-refractivity contribution is -0.118. The molecular weight excluding hydrogens is 393 g/mol. The van der Waals surface area contributed by atoms with Crippen molar-refractivity contribution < 1.29 is 18.9 Å². The van der Waals surface area contributed by atoms with Gasteiger partial charge in [0.1, 0.15) is 4.49 Å². The summed E-state index contributed by atoms with van der Waals surface area (Å²) < 4.78 is 15.5. The lowest BCUT2D eigenvalue weighted by Crippen LogP contribution is -2.17. The highest BCUT2D eigenvalue weighted by Gasteiger charge is 2.60. The van der Waals surface area contributed by atoms with Crippen LogP contribution in [0, 0.1) is 17.3 Å². The van der Waals surface area contributed by atoms with E-state index in [1.807, 2.05) is 13.8 Å². The molecule has 1 saturated carbocycles. The molecule has 2 atom stereocenters. The van der Waals surface area contributed by atoms with Gasteiger partial charge in [-0.15, -0.1) is 0 Å². The zero-order chi connectivity index (χ0) is 19.8. The number of aromatic nitrogens is 2. The Morgan fingerprint density at radius 2 is 1.93 bits per heavy atom. The van der Waals surface area contributed by atoms with Crippen molar-refractivity contribution in [2.75, 3.05) is 19.5 Å². The molecule has 1 fully saturated rings. The topological polar surface area (TPSA) is 86.5 Å². The van der Waals surface area contributed by atoms with Gasteiger partial charge in [-0.25, -0.2) is 4.63 Å². The molecule has 27 heavy (non-hydrogen) atoms. The molecule has 1 amide bonds. The fourth-order valence-corrected chi connectivity index (χ4v) is 3.53. The third kappa shape index (κ3) is 3.75. The van der Waals surface area contributed by atoms with Crippen molar-refractivity contribution in [3.63, 3.8) is 0 Å². The SMILES string of the molecule is COc1ccc(-c2nonc2NC(=O)[C@@H]2[C@H](C=C(Cl)Cl)C2(C)C)cc1OC. The number of hydrogen-bond acceptors (Lipinski definition) is 6. The van der Waals surface area contributed by atoms with Gasteiger partial charge in [0.25, 0.3) is 0 Å². The number of carbonyl (C=O) groups excluding carboxylic acids is 1. The summed E-state index contributed by atoms with van der Waals surface area (Å²) in [5.74, 6) is 0.811. The van der Waals surface area contributed by atoms with Crippen molar-refractivity contribution in [1.82, 2.24) is 10.3 Å². The minimum Gasteiger partial charge on any atom is -0.493 e. The van der Waals surface area contributed by atoms with Crippen LogP contribution >= 0.6 is 23.2 Å². The summed E-state index contributed by atoms with van der Waals surface area (Å²) in [7, 11) is 3.09. The molecule has 1 aromatic carbocycles. The van der Waals surface area contributed by atoms with Crippen molar-refractivity contribution in [3.8, 4) is 22.8 Å². The second-order valence-corrected chi connectivity index (χ2v) is 7.81. The van der Waals surface area contributed by atoms with Crippen LogP contribution in [-0.4, -0.2) is 30.4 Å². The van der Waals surface area contributed by atoms with E-state index < -0.39 is 0 Å². The summed E-state index contributed by atoms with van der Waals surface area (Å²) in [6.07, 6.45) is 1.68. The number of allylic oxidation sites excluding steroid dienone is 1. The van der Waals surface area contributed by atoms with Crippen LogP contribution in [0.15, 0.2) is 33.4 Å². The van der Waals surface area contributed by atoms with Crippen molar-refractivity contribution in [1.29, 1.82) is 0 Å². The summed E-state index contributed by atoms with van der Waals surface area (Å²) in [6, 6.07) is 5.24. The molecule has 1 aliphatic carbocycles. The first kappa shape index (κ1) is 19.5. The molecule has 144 valence electrons. The fourth-order valence-electron chi connectivity index (χ4n) is 3.26. The second kappa shape index (κ2) is 7.40. The summed E-state index contributed by atoms with van der Waals surface area (Å²) in [5, 5.41) is 10.5. The smallest absolute Gasteiger partial charge is 0.229 e. The van der Waals surface area contributed by atoms with Crippen LogP contribution in [-0.2, 0) is 4.79 Å². The standard InChI is InChI=1S/C18H19Cl2N3O4/c1-18(2)10(8-13(19)20)14(18)17(24)21-16-15(22-27-23-16)9-5-6-11(25-3)12(7-9)26-4/h5-8,10,14H,1-4H3,(H,21,23,24)/t10-,14-/m0/s1. The predicted molar refractivity (Wildman–Crippen MR) is 102 cm³/mol. The van der Waals surface area contributed by atoms with Gasteiger partial charge in [0.05, 0.1) is 20.1 Å². The molecule has 2 aromatic rings. The highest BCUT2D eigenvalue weighted by molar-refractivity contribution is 6.55. The van der Waals surface area contributed by atoms with Crippen LogP contribution in [0.4, 0.5) is 5.82 Å². The molecule has 9 heteroatoms. The van der Waals surface area contributed by atoms with E-state index in [9.17, 15) is 4.79 Å². The van der Waals surface area contributed by atoms with Crippen molar-refractivity contribution in [2.45, 2.75) is 13.8 Å². The molecule has 1 N–H and O–H groups in total. The minimum absolute atomic E-state index is 0.0492. The van der Waals surface area contributed by atoms with Gasteiger partial charge in [0, 0.05) is 5.56 Å². The molecule has 7 nitrogen and oxygen atoms in total. The maximum absolute atomic E-state index is 12.7. The van der Waals surface area contributed by atoms with E-state index in [1.54, 1.807) is 31.4 Å². The van der Waals surface area contributed by atoms with Gasteiger partial charge >= 0.3 is 0 Å². The van der Waals surface area contributed by atoms with E-state index in [0.29, 0.717) is 22.8 Å². The Morgan fingerprint density at radius 1 is 1.22 bits per heavy atom. The van der Waals surface area contributed by atoms with Crippen LogP contribution in [0.3, 0.4) is 0 Å². The molecule has 0 radical (unpaired) electrons. The number of ether oxygens (including phenoxy) is 2. The zero-order valence-electron chi connectivity index (χ0n) is 15.2. The van der Waals surface area contributed by atoms with Gasteiger partial charge in [0.15, 0.2) is 17.2 Å². The average Bonchev–Trinajstić information content (AvgIpc) is 2.95. The number of benzene rings is 1. The highest BCUT2D eigenvalue weighted by Crippen LogP contribution is 2.60. The summed E-state index contributed by atoms with van der Waals surface area (Å²) >= 11 is 11.5. The molecule has 1 aliphatic rings. The van der Waals surface area contributed by atoms with Gasteiger partial charge in [-0.3, -0.25) is 4.79 Å². The van der Waals surface area contributed by atoms with Crippen molar-refractivity contribution >= 4 is 34.9 Å². The monoisotopic (exact) mass is 411 g/mol. The molecule has 0 saturated heterocycles. The fraction of sp³-hybridized carbons (Fsp3) is 0.389. The van der Waals surface area contributed by atoms with E-state index in [4.69, 9.17) is 37.3 Å². The molecule has 1 heterocycles. The maximum Gasteiger partial charge on any atom is 0.229 e. The lowest BCUT2D eigenvalue weighted by atomic mass is 10.1. The number of methoxy groups -OCH3 is 2. The van der Waals surface area contributed by atoms with Gasteiger partial charge < -0.3 is 14.8 Å². The Morgan fingerprint density at radius 3 is 2.56 bits per heavy atom. The number of nitrogens with zero attached hydrogens (tertiary/aromatic N) is 2. The van der Waals surface area contributed by atoms with E-state index >= 15 is 0 Å². The van der Waals surface area contributed by atoms with Crippen molar-refractivity contribution in [2.24, 2.45) is 17.3 Å². The number of carbonyl (C=O) groups is 1. The molecule has 0 spiro atoms. The van der Waals surface area contributed by atoms with Gasteiger partial charge in [-0.05, 0) is 45.9 Å². The van der Waals surface area contributed by atoms with E-state index in [0.717, 1.165) is 0 Å². The van der Waals surface area contributed by atoms with Gasteiger partial charge in [-0.1, -0.05) is 37.0 Å². The average molecular weight is 412 g/mol. The first-order chi connectivity index (χ1) is 12.8. The Labute approximate surface area is 166 Å². The first-order valence-electron chi connectivity index (χ1n) is 8.18. The summed E-state index contributed by atoms with van der Waals surface area (Å²) in [5.41, 5.74) is 0.810. The number of amides is 1. The first-order valence-corrected chi connectivity index (χ1v) is 8.93. The molecule has 0 aliphatic heterocycles. The number of anilines is 1. The van der Waals surface area contributed by atoms with E-state index in [1.165, 1.54) is 7.11 Å². The Hall–Kier alpha value is -2.25. The highest BCUT2D eigenvalue weighted by atomic mass is 35.5. The summed E-state index contributed by atoms with van der Waals surface area (Å²) in [6.45, 7) is 3.96. The van der Waals surface area contributed by atoms with Crippen LogP contribution in [0.5, 0.6) is 11.5 Å². The Balaban J connectivity index is 1.82.